The summed E-state index contributed by atoms with van der Waals surface area (Å²) in [4.78, 5) is 28.8. The van der Waals surface area contributed by atoms with Gasteiger partial charge in [-0.05, 0) is 59.9 Å². The number of aryl methyl sites for hydroxylation is 1. The van der Waals surface area contributed by atoms with Crippen LogP contribution in [0.5, 0.6) is 0 Å². The van der Waals surface area contributed by atoms with Crippen molar-refractivity contribution >= 4 is 43.4 Å². The number of anilines is 1. The second-order valence-corrected chi connectivity index (χ2v) is 12.7. The molecule has 6 rings (SSSR count). The number of sulfone groups is 1. The summed E-state index contributed by atoms with van der Waals surface area (Å²) < 4.78 is 37.9. The highest BCUT2D eigenvalue weighted by molar-refractivity contribution is 7.90. The minimum absolute atomic E-state index is 0.0591. The van der Waals surface area contributed by atoms with Gasteiger partial charge in [-0.2, -0.15) is 5.10 Å². The van der Waals surface area contributed by atoms with Gasteiger partial charge in [0.05, 0.1) is 40.4 Å². The van der Waals surface area contributed by atoms with Crippen LogP contribution < -0.4 is 5.32 Å². The molecule has 6 aromatic rings. The van der Waals surface area contributed by atoms with Crippen molar-refractivity contribution in [1.29, 1.82) is 0 Å². The number of imidazole rings is 1. The maximum Gasteiger partial charge on any atom is 0.224 e. The summed E-state index contributed by atoms with van der Waals surface area (Å²) in [5, 5.41) is 11.3. The molecule has 1 amide bonds. The summed E-state index contributed by atoms with van der Waals surface area (Å²) in [6.45, 7) is 1.95. The summed E-state index contributed by atoms with van der Waals surface area (Å²) in [6.07, 6.45) is 9.16. The zero-order valence-corrected chi connectivity index (χ0v) is 24.3. The molecule has 0 saturated carbocycles. The van der Waals surface area contributed by atoms with E-state index < -0.39 is 15.7 Å². The summed E-state index contributed by atoms with van der Waals surface area (Å²) in [5.41, 5.74) is 6.68. The van der Waals surface area contributed by atoms with Gasteiger partial charge in [-0.25, -0.2) is 17.8 Å². The van der Waals surface area contributed by atoms with Crippen molar-refractivity contribution < 1.29 is 17.6 Å². The van der Waals surface area contributed by atoms with Crippen molar-refractivity contribution in [2.75, 3.05) is 17.3 Å². The first kappa shape index (κ1) is 28.2. The minimum atomic E-state index is -3.20. The maximum absolute atomic E-state index is 14.6. The van der Waals surface area contributed by atoms with Crippen LogP contribution >= 0.6 is 0 Å². The maximum atomic E-state index is 14.6. The molecule has 0 atom stereocenters. The number of carbonyl (C=O) groups excluding carboxylic acids is 1. The van der Waals surface area contributed by atoms with Crippen LogP contribution in [0, 0.1) is 5.82 Å². The van der Waals surface area contributed by atoms with E-state index in [4.69, 9.17) is 4.98 Å². The third-order valence-electron chi connectivity index (χ3n) is 7.04. The Morgan fingerprint density at radius 3 is 2.60 bits per heavy atom. The van der Waals surface area contributed by atoms with Gasteiger partial charge in [0.15, 0.2) is 5.82 Å². The van der Waals surface area contributed by atoms with Crippen molar-refractivity contribution in [2.45, 2.75) is 26.2 Å². The van der Waals surface area contributed by atoms with Crippen molar-refractivity contribution in [3.8, 4) is 33.8 Å². The molecule has 0 radical (unpaired) electrons. The van der Waals surface area contributed by atoms with Crippen LogP contribution in [0.2, 0.25) is 0 Å². The zero-order chi connectivity index (χ0) is 30.1. The first-order chi connectivity index (χ1) is 20.7. The molecule has 218 valence electrons. The molecule has 43 heavy (non-hydrogen) atoms. The van der Waals surface area contributed by atoms with E-state index in [1.807, 2.05) is 31.2 Å². The molecular formula is C31H28FN7O3S. The standard InChI is InChI=1S/C31H28FN7O3S/c1-3-4-28(40)35-23-12-21(14-33-15-23)19-5-6-26-24(13-19)30(39-38-26)31-36-27-17-34-16-25(29(27)37-31)20-9-18(10-22(32)11-20)7-8-43(2,41)42/h5-6,9-17H,3-4,7-8H2,1-2H3,(H,35,40)(H,36,37)(H,38,39). The lowest BCUT2D eigenvalue weighted by Gasteiger charge is -2.07. The largest absolute Gasteiger partial charge is 0.335 e. The average Bonchev–Trinajstić information content (AvgIpc) is 3.59. The number of aromatic nitrogens is 6. The van der Waals surface area contributed by atoms with Gasteiger partial charge in [0.2, 0.25) is 5.91 Å². The smallest absolute Gasteiger partial charge is 0.224 e. The lowest BCUT2D eigenvalue weighted by atomic mass is 10.0. The van der Waals surface area contributed by atoms with E-state index in [1.54, 1.807) is 30.9 Å². The number of nitrogens with one attached hydrogen (secondary N) is 3. The van der Waals surface area contributed by atoms with Crippen molar-refractivity contribution in [1.82, 2.24) is 30.1 Å². The molecule has 12 heteroatoms. The fourth-order valence-electron chi connectivity index (χ4n) is 5.00. The number of amides is 1. The normalized spacial score (nSPS) is 11.8. The van der Waals surface area contributed by atoms with Crippen LogP contribution in [0.15, 0.2) is 67.3 Å². The van der Waals surface area contributed by atoms with Crippen LogP contribution in [0.4, 0.5) is 10.1 Å². The van der Waals surface area contributed by atoms with Crippen LogP contribution in [0.25, 0.3) is 55.7 Å². The van der Waals surface area contributed by atoms with Gasteiger partial charge in [-0.3, -0.25) is 19.9 Å². The fourth-order valence-corrected chi connectivity index (χ4v) is 5.61. The van der Waals surface area contributed by atoms with Crippen molar-refractivity contribution in [3.63, 3.8) is 0 Å². The van der Waals surface area contributed by atoms with E-state index >= 15 is 0 Å². The van der Waals surface area contributed by atoms with Gasteiger partial charge in [0, 0.05) is 41.6 Å². The summed E-state index contributed by atoms with van der Waals surface area (Å²) in [5.74, 6) is -0.105. The van der Waals surface area contributed by atoms with Crippen LogP contribution in [-0.4, -0.2) is 56.5 Å². The number of fused-ring (bicyclic) bond motifs is 2. The highest BCUT2D eigenvalue weighted by Gasteiger charge is 2.17. The van der Waals surface area contributed by atoms with Gasteiger partial charge < -0.3 is 10.3 Å². The predicted molar refractivity (Wildman–Crippen MR) is 165 cm³/mol. The van der Waals surface area contributed by atoms with E-state index in [2.05, 4.69) is 30.5 Å². The first-order valence-corrected chi connectivity index (χ1v) is 15.8. The topological polar surface area (TPSA) is 146 Å². The van der Waals surface area contributed by atoms with Crippen LogP contribution in [-0.2, 0) is 21.1 Å². The lowest BCUT2D eigenvalue weighted by Crippen LogP contribution is -2.10. The number of carbonyl (C=O) groups is 1. The van der Waals surface area contributed by atoms with Gasteiger partial charge in [0.1, 0.15) is 21.3 Å². The molecule has 0 fully saturated rings. The van der Waals surface area contributed by atoms with Crippen LogP contribution in [0.1, 0.15) is 25.3 Å². The Labute approximate surface area is 246 Å². The fraction of sp³-hybridized carbons (Fsp3) is 0.194. The van der Waals surface area contributed by atoms with E-state index in [0.29, 0.717) is 51.4 Å². The third kappa shape index (κ3) is 6.14. The Hall–Kier alpha value is -4.97. The van der Waals surface area contributed by atoms with Gasteiger partial charge in [0.25, 0.3) is 0 Å². The Morgan fingerprint density at radius 1 is 0.953 bits per heavy atom. The van der Waals surface area contributed by atoms with Gasteiger partial charge in [-0.15, -0.1) is 0 Å². The number of hydrogen-bond donors (Lipinski definition) is 3. The zero-order valence-electron chi connectivity index (χ0n) is 23.5. The Morgan fingerprint density at radius 2 is 1.79 bits per heavy atom. The molecule has 0 bridgehead atoms. The Kier molecular flexibility index (Phi) is 7.45. The van der Waals surface area contributed by atoms with E-state index in [0.717, 1.165) is 34.7 Å². The molecule has 4 aromatic heterocycles. The SMILES string of the molecule is CCCC(=O)Nc1cncc(-c2ccc3[nH]nc(-c4nc5c(-c6cc(F)cc(CCS(C)(=O)=O)c6)cncc5[nH]4)c3c2)c1. The second-order valence-electron chi connectivity index (χ2n) is 10.5. The van der Waals surface area contributed by atoms with Crippen molar-refractivity contribution in [2.24, 2.45) is 0 Å². The van der Waals surface area contributed by atoms with Crippen LogP contribution in [0.3, 0.4) is 0 Å². The Bertz CT molecular complexity index is 2100. The average molecular weight is 598 g/mol. The summed E-state index contributed by atoms with van der Waals surface area (Å²) >= 11 is 0. The van der Waals surface area contributed by atoms with E-state index in [1.165, 1.54) is 12.1 Å². The predicted octanol–water partition coefficient (Wildman–Crippen LogP) is 5.70. The molecular weight excluding hydrogens is 569 g/mol. The van der Waals surface area contributed by atoms with Gasteiger partial charge in [-0.1, -0.05) is 19.1 Å². The molecule has 0 spiro atoms. The first-order valence-electron chi connectivity index (χ1n) is 13.7. The molecule has 0 aliphatic heterocycles. The molecule has 0 aliphatic carbocycles. The number of halogens is 1. The molecule has 2 aromatic carbocycles. The quantitative estimate of drug-likeness (QED) is 0.194. The van der Waals surface area contributed by atoms with Crippen molar-refractivity contribution in [3.05, 3.63) is 78.6 Å². The number of pyridine rings is 2. The highest BCUT2D eigenvalue weighted by atomic mass is 32.2. The number of rotatable bonds is 9. The second kappa shape index (κ2) is 11.4. The number of H-pyrrole nitrogens is 2. The van der Waals surface area contributed by atoms with Gasteiger partial charge >= 0.3 is 0 Å². The molecule has 10 nitrogen and oxygen atoms in total. The third-order valence-corrected chi connectivity index (χ3v) is 7.99. The molecule has 0 saturated heterocycles. The van der Waals surface area contributed by atoms with E-state index in [9.17, 15) is 17.6 Å². The number of hydrogen-bond acceptors (Lipinski definition) is 7. The lowest BCUT2D eigenvalue weighted by molar-refractivity contribution is -0.116. The molecule has 3 N–H and O–H groups in total. The summed E-state index contributed by atoms with van der Waals surface area (Å²) in [7, 11) is -3.20. The van der Waals surface area contributed by atoms with E-state index in [-0.39, 0.29) is 18.1 Å². The minimum Gasteiger partial charge on any atom is -0.335 e. The molecule has 0 unspecified atom stereocenters. The molecule has 0 aliphatic rings. The number of nitrogens with zero attached hydrogens (tertiary/aromatic N) is 4. The Balaban J connectivity index is 1.37. The number of aromatic amines is 2. The highest BCUT2D eigenvalue weighted by Crippen LogP contribution is 2.33. The monoisotopic (exact) mass is 597 g/mol. The molecule has 4 heterocycles. The number of benzene rings is 2. The summed E-state index contributed by atoms with van der Waals surface area (Å²) in [6, 6.07) is 12.2.